The maximum atomic E-state index is 14.2. The van der Waals surface area contributed by atoms with Gasteiger partial charge >= 0.3 is 11.9 Å². The summed E-state index contributed by atoms with van der Waals surface area (Å²) in [6.45, 7) is 1.45. The number of nitrogens with one attached hydrogen (secondary N) is 1. The second-order valence-electron chi connectivity index (χ2n) is 9.96. The zero-order valence-electron chi connectivity index (χ0n) is 22.9. The van der Waals surface area contributed by atoms with Crippen LogP contribution in [0.2, 0.25) is 0 Å². The Hall–Kier alpha value is -4.75. The molecule has 4 aromatic carbocycles. The maximum Gasteiger partial charge on any atom is 0.326 e. The first kappa shape index (κ1) is 29.2. The number of hydrogen-bond acceptors (Lipinski definition) is 4. The van der Waals surface area contributed by atoms with Gasteiger partial charge in [-0.1, -0.05) is 103 Å². The largest absolute Gasteiger partial charge is 0.480 e. The summed E-state index contributed by atoms with van der Waals surface area (Å²) >= 11 is 0. The smallest absolute Gasteiger partial charge is 0.326 e. The van der Waals surface area contributed by atoms with Crippen molar-refractivity contribution in [2.45, 2.75) is 44.3 Å². The minimum Gasteiger partial charge on any atom is -0.480 e. The van der Waals surface area contributed by atoms with Crippen LogP contribution in [-0.4, -0.2) is 46.2 Å². The van der Waals surface area contributed by atoms with Crippen molar-refractivity contribution >= 4 is 23.5 Å². The lowest BCUT2D eigenvalue weighted by Gasteiger charge is -2.32. The Morgan fingerprint density at radius 2 is 1.17 bits per heavy atom. The average molecular weight is 551 g/mol. The molecule has 4 aromatic rings. The van der Waals surface area contributed by atoms with Gasteiger partial charge in [0.05, 0.1) is 6.04 Å². The number of anilines is 1. The minimum atomic E-state index is -1.18. The monoisotopic (exact) mass is 550 g/mol. The van der Waals surface area contributed by atoms with Crippen LogP contribution in [0.15, 0.2) is 115 Å². The number of aliphatic carboxylic acids is 2. The highest BCUT2D eigenvalue weighted by atomic mass is 16.4. The molecule has 7 nitrogen and oxygen atoms in total. The lowest BCUT2D eigenvalue weighted by Crippen LogP contribution is -2.56. The summed E-state index contributed by atoms with van der Waals surface area (Å²) in [5.74, 6) is -2.75. The molecule has 3 N–H and O–H groups in total. The molecule has 0 aliphatic rings. The molecule has 0 aliphatic heterocycles. The molecule has 4 rings (SSSR count). The first-order valence-corrected chi connectivity index (χ1v) is 13.6. The molecule has 1 amide bonds. The Kier molecular flexibility index (Phi) is 10.0. The van der Waals surface area contributed by atoms with E-state index in [0.29, 0.717) is 12.1 Å². The van der Waals surface area contributed by atoms with Crippen LogP contribution in [0.1, 0.15) is 24.5 Å². The SMILES string of the molecule is C[C@@H](C(=O)O)N(C(=O)[C@H](Cc1ccccc1)N[C@@H](CCc1ccccc1)C(=O)O)c1ccc(-c2ccccc2)cc1. The number of benzene rings is 4. The molecule has 0 aromatic heterocycles. The third-order valence-corrected chi connectivity index (χ3v) is 7.08. The van der Waals surface area contributed by atoms with Gasteiger partial charge in [-0.3, -0.25) is 19.8 Å². The van der Waals surface area contributed by atoms with Gasteiger partial charge in [0.1, 0.15) is 12.1 Å². The van der Waals surface area contributed by atoms with Crippen LogP contribution < -0.4 is 10.2 Å². The number of aryl methyl sites for hydroxylation is 1. The van der Waals surface area contributed by atoms with Crippen LogP contribution in [0.4, 0.5) is 5.69 Å². The molecule has 0 unspecified atom stereocenters. The molecule has 0 radical (unpaired) electrons. The highest BCUT2D eigenvalue weighted by molar-refractivity contribution is 6.02. The summed E-state index contributed by atoms with van der Waals surface area (Å²) in [5.41, 5.74) is 4.16. The third-order valence-electron chi connectivity index (χ3n) is 7.08. The second-order valence-corrected chi connectivity index (χ2v) is 9.96. The topological polar surface area (TPSA) is 107 Å². The van der Waals surface area contributed by atoms with Crippen molar-refractivity contribution in [1.29, 1.82) is 0 Å². The standard InChI is InChI=1S/C34H34N2O5/c1-24(33(38)39)36(29-20-18-28(19-21-29)27-15-9-4-10-16-27)32(37)31(23-26-13-7-3-8-14-26)35-30(34(40)41)22-17-25-11-5-2-6-12-25/h2-16,18-21,24,30-31,35H,17,22-23H2,1H3,(H,38,39)(H,40,41)/t24-,30-,31-/m0/s1. The van der Waals surface area contributed by atoms with Gasteiger partial charge in [0.2, 0.25) is 5.91 Å². The Bertz CT molecular complexity index is 1430. The number of hydrogen-bond donors (Lipinski definition) is 3. The molecule has 0 heterocycles. The second kappa shape index (κ2) is 14.1. The molecule has 0 aliphatic carbocycles. The van der Waals surface area contributed by atoms with Crippen LogP contribution in [0.3, 0.4) is 0 Å². The molecule has 0 spiro atoms. The fourth-order valence-corrected chi connectivity index (χ4v) is 4.81. The number of nitrogens with zero attached hydrogens (tertiary/aromatic N) is 1. The minimum absolute atomic E-state index is 0.194. The summed E-state index contributed by atoms with van der Waals surface area (Å²) in [7, 11) is 0. The average Bonchev–Trinajstić information content (AvgIpc) is 3.00. The highest BCUT2D eigenvalue weighted by Crippen LogP contribution is 2.26. The third kappa shape index (κ3) is 7.90. The summed E-state index contributed by atoms with van der Waals surface area (Å²) in [6.07, 6.45) is 0.963. The van der Waals surface area contributed by atoms with Crippen LogP contribution in [0.25, 0.3) is 11.1 Å². The van der Waals surface area contributed by atoms with Crippen molar-refractivity contribution in [3.05, 3.63) is 126 Å². The van der Waals surface area contributed by atoms with E-state index in [4.69, 9.17) is 0 Å². The first-order chi connectivity index (χ1) is 19.8. The van der Waals surface area contributed by atoms with Gasteiger partial charge in [0.15, 0.2) is 0 Å². The van der Waals surface area contributed by atoms with Gasteiger partial charge in [-0.05, 0) is 60.6 Å². The molecule has 0 saturated heterocycles. The summed E-state index contributed by atoms with van der Waals surface area (Å²) in [4.78, 5) is 39.9. The van der Waals surface area contributed by atoms with E-state index < -0.39 is 36.0 Å². The van der Waals surface area contributed by atoms with Gasteiger partial charge in [-0.15, -0.1) is 0 Å². The number of amides is 1. The van der Waals surface area contributed by atoms with E-state index in [9.17, 15) is 24.6 Å². The van der Waals surface area contributed by atoms with Crippen molar-refractivity contribution in [3.8, 4) is 11.1 Å². The molecule has 0 saturated carbocycles. The molecular weight excluding hydrogens is 516 g/mol. The Morgan fingerprint density at radius 1 is 0.659 bits per heavy atom. The van der Waals surface area contributed by atoms with Crippen LogP contribution in [0.5, 0.6) is 0 Å². The molecular formula is C34H34N2O5. The molecule has 7 heteroatoms. The van der Waals surface area contributed by atoms with E-state index in [2.05, 4.69) is 5.32 Å². The number of carboxylic acid groups (broad SMARTS) is 2. The predicted molar refractivity (Wildman–Crippen MR) is 160 cm³/mol. The van der Waals surface area contributed by atoms with E-state index in [1.165, 1.54) is 11.8 Å². The number of carboxylic acids is 2. The van der Waals surface area contributed by atoms with Crippen molar-refractivity contribution in [3.63, 3.8) is 0 Å². The Balaban J connectivity index is 1.65. The van der Waals surface area contributed by atoms with Crippen molar-refractivity contribution in [2.75, 3.05) is 4.90 Å². The fraction of sp³-hybridized carbons (Fsp3) is 0.206. The van der Waals surface area contributed by atoms with E-state index >= 15 is 0 Å². The van der Waals surface area contributed by atoms with Gasteiger partial charge in [0, 0.05) is 5.69 Å². The van der Waals surface area contributed by atoms with Gasteiger partial charge in [-0.2, -0.15) is 0 Å². The fourth-order valence-electron chi connectivity index (χ4n) is 4.81. The van der Waals surface area contributed by atoms with Crippen LogP contribution >= 0.6 is 0 Å². The number of carbonyl (C=O) groups is 3. The number of rotatable bonds is 13. The highest BCUT2D eigenvalue weighted by Gasteiger charge is 2.34. The zero-order valence-corrected chi connectivity index (χ0v) is 22.9. The van der Waals surface area contributed by atoms with E-state index in [0.717, 1.165) is 22.3 Å². The molecule has 0 fully saturated rings. The normalized spacial score (nSPS) is 13.1. The summed E-state index contributed by atoms with van der Waals surface area (Å²) < 4.78 is 0. The van der Waals surface area contributed by atoms with Crippen LogP contribution in [-0.2, 0) is 27.2 Å². The Morgan fingerprint density at radius 3 is 1.71 bits per heavy atom. The van der Waals surface area contributed by atoms with E-state index in [1.54, 1.807) is 12.1 Å². The summed E-state index contributed by atoms with van der Waals surface area (Å²) in [6, 6.07) is 32.5. The predicted octanol–water partition coefficient (Wildman–Crippen LogP) is 5.45. The van der Waals surface area contributed by atoms with Gasteiger partial charge in [0.25, 0.3) is 0 Å². The molecule has 41 heavy (non-hydrogen) atoms. The molecule has 210 valence electrons. The van der Waals surface area contributed by atoms with Crippen molar-refractivity contribution in [1.82, 2.24) is 5.32 Å². The van der Waals surface area contributed by atoms with E-state index in [-0.39, 0.29) is 12.8 Å². The van der Waals surface area contributed by atoms with Crippen LogP contribution in [0, 0.1) is 0 Å². The van der Waals surface area contributed by atoms with Crippen molar-refractivity contribution in [2.24, 2.45) is 0 Å². The quantitative estimate of drug-likeness (QED) is 0.205. The zero-order chi connectivity index (χ0) is 29.2. The Labute approximate surface area is 240 Å². The van der Waals surface area contributed by atoms with E-state index in [1.807, 2.05) is 103 Å². The lowest BCUT2D eigenvalue weighted by atomic mass is 9.99. The lowest BCUT2D eigenvalue weighted by molar-refractivity contribution is -0.141. The van der Waals surface area contributed by atoms with Gasteiger partial charge < -0.3 is 10.2 Å². The summed E-state index contributed by atoms with van der Waals surface area (Å²) in [5, 5.41) is 23.1. The first-order valence-electron chi connectivity index (χ1n) is 13.6. The molecule has 0 bridgehead atoms. The van der Waals surface area contributed by atoms with Gasteiger partial charge in [-0.25, -0.2) is 4.79 Å². The van der Waals surface area contributed by atoms with Crippen molar-refractivity contribution < 1.29 is 24.6 Å². The maximum absolute atomic E-state index is 14.2. The molecule has 3 atom stereocenters. The number of carbonyl (C=O) groups excluding carboxylic acids is 1.